The summed E-state index contributed by atoms with van der Waals surface area (Å²) < 4.78 is 39.9. The first-order valence-electron chi connectivity index (χ1n) is 15.5. The molecule has 0 aliphatic rings. The number of benzene rings is 5. The van der Waals surface area contributed by atoms with Crippen molar-refractivity contribution in [2.45, 2.75) is 32.9 Å². The SMILES string of the molecule is C#Cc1cc(-c2ccc(N(C)C)cc2)c(C#Cc2cc(CC)c(C#Cc3ccccc3)cc2CC)cc1-c1ccc(C(F)(F)F)cc1. The van der Waals surface area contributed by atoms with E-state index in [1.807, 2.05) is 85.7 Å². The van der Waals surface area contributed by atoms with Gasteiger partial charge >= 0.3 is 6.18 Å². The lowest BCUT2D eigenvalue weighted by molar-refractivity contribution is -0.137. The van der Waals surface area contributed by atoms with E-state index in [0.29, 0.717) is 16.7 Å². The number of terminal acetylenes is 1. The molecule has 47 heavy (non-hydrogen) atoms. The lowest BCUT2D eigenvalue weighted by Crippen LogP contribution is -2.07. The zero-order valence-electron chi connectivity index (χ0n) is 26.9. The van der Waals surface area contributed by atoms with E-state index in [2.05, 4.69) is 55.6 Å². The Morgan fingerprint density at radius 2 is 1.09 bits per heavy atom. The molecule has 1 nitrogen and oxygen atoms in total. The molecule has 0 aliphatic carbocycles. The molecule has 0 N–H and O–H groups in total. The van der Waals surface area contributed by atoms with Gasteiger partial charge in [0, 0.05) is 47.6 Å². The predicted octanol–water partition coefficient (Wildman–Crippen LogP) is 10.0. The van der Waals surface area contributed by atoms with Crippen LogP contribution in [-0.2, 0) is 19.0 Å². The molecule has 5 rings (SSSR count). The minimum absolute atomic E-state index is 0.575. The normalized spacial score (nSPS) is 10.7. The van der Waals surface area contributed by atoms with Crippen molar-refractivity contribution in [1.29, 1.82) is 0 Å². The molecule has 0 atom stereocenters. The fraction of sp³-hybridized carbons (Fsp3) is 0.163. The zero-order chi connectivity index (χ0) is 33.6. The van der Waals surface area contributed by atoms with Crippen molar-refractivity contribution in [2.75, 3.05) is 19.0 Å². The highest BCUT2D eigenvalue weighted by Crippen LogP contribution is 2.35. The monoisotopic (exact) mass is 621 g/mol. The Balaban J connectivity index is 1.65. The Morgan fingerprint density at radius 3 is 1.60 bits per heavy atom. The molecule has 0 spiro atoms. The van der Waals surface area contributed by atoms with Gasteiger partial charge in [-0.25, -0.2) is 0 Å². The highest BCUT2D eigenvalue weighted by atomic mass is 19.4. The van der Waals surface area contributed by atoms with Crippen LogP contribution in [-0.4, -0.2) is 14.1 Å². The number of nitrogens with zero attached hydrogens (tertiary/aromatic N) is 1. The second-order valence-corrected chi connectivity index (χ2v) is 11.3. The number of hydrogen-bond donors (Lipinski definition) is 0. The van der Waals surface area contributed by atoms with Crippen LogP contribution in [0.2, 0.25) is 0 Å². The molecule has 0 unspecified atom stereocenters. The molecule has 232 valence electrons. The maximum absolute atomic E-state index is 13.3. The third-order valence-electron chi connectivity index (χ3n) is 8.07. The number of anilines is 1. The van der Waals surface area contributed by atoms with Gasteiger partial charge in [-0.2, -0.15) is 13.2 Å². The van der Waals surface area contributed by atoms with E-state index in [9.17, 15) is 13.2 Å². The van der Waals surface area contributed by atoms with Gasteiger partial charge in [0.15, 0.2) is 0 Å². The van der Waals surface area contributed by atoms with Crippen LogP contribution in [0.5, 0.6) is 0 Å². The lowest BCUT2D eigenvalue weighted by atomic mass is 9.90. The molecule has 4 heteroatoms. The van der Waals surface area contributed by atoms with E-state index in [1.54, 1.807) is 0 Å². The molecule has 0 saturated heterocycles. The molecule has 0 radical (unpaired) electrons. The Kier molecular flexibility index (Phi) is 9.90. The third kappa shape index (κ3) is 7.61. The van der Waals surface area contributed by atoms with Crippen LogP contribution in [0.1, 0.15) is 58.4 Å². The quantitative estimate of drug-likeness (QED) is 0.177. The van der Waals surface area contributed by atoms with Gasteiger partial charge in [-0.05, 0) is 107 Å². The van der Waals surface area contributed by atoms with E-state index >= 15 is 0 Å². The molecule has 0 heterocycles. The number of rotatable bonds is 5. The molecule has 0 bridgehead atoms. The Bertz CT molecular complexity index is 2060. The number of halogens is 3. The topological polar surface area (TPSA) is 3.24 Å². The van der Waals surface area contributed by atoms with Crippen LogP contribution < -0.4 is 4.90 Å². The van der Waals surface area contributed by atoms with Crippen molar-refractivity contribution in [3.05, 3.63) is 148 Å². The second-order valence-electron chi connectivity index (χ2n) is 11.3. The molecule has 0 aromatic heterocycles. The van der Waals surface area contributed by atoms with Gasteiger partial charge in [0.1, 0.15) is 0 Å². The summed E-state index contributed by atoms with van der Waals surface area (Å²) in [7, 11) is 3.96. The van der Waals surface area contributed by atoms with Crippen molar-refractivity contribution in [1.82, 2.24) is 0 Å². The van der Waals surface area contributed by atoms with E-state index in [1.165, 1.54) is 12.1 Å². The van der Waals surface area contributed by atoms with Crippen LogP contribution in [0.4, 0.5) is 18.9 Å². The van der Waals surface area contributed by atoms with Gasteiger partial charge in [-0.15, -0.1) is 6.42 Å². The Hall–Kier alpha value is -5.63. The molecule has 0 amide bonds. The molecule has 0 fully saturated rings. The van der Waals surface area contributed by atoms with E-state index in [0.717, 1.165) is 75.2 Å². The van der Waals surface area contributed by atoms with Gasteiger partial charge in [0.25, 0.3) is 0 Å². The van der Waals surface area contributed by atoms with E-state index in [-0.39, 0.29) is 0 Å². The maximum Gasteiger partial charge on any atom is 0.416 e. The fourth-order valence-electron chi connectivity index (χ4n) is 5.38. The van der Waals surface area contributed by atoms with Crippen molar-refractivity contribution in [3.63, 3.8) is 0 Å². The summed E-state index contributed by atoms with van der Waals surface area (Å²) in [6.45, 7) is 4.21. The van der Waals surface area contributed by atoms with Crippen molar-refractivity contribution in [2.24, 2.45) is 0 Å². The summed E-state index contributed by atoms with van der Waals surface area (Å²) in [5.41, 5.74) is 9.74. The van der Waals surface area contributed by atoms with Gasteiger partial charge in [-0.3, -0.25) is 0 Å². The minimum Gasteiger partial charge on any atom is -0.378 e. The van der Waals surface area contributed by atoms with Crippen LogP contribution >= 0.6 is 0 Å². The standard InChI is InChI=1S/C43H34F3N/c1-6-31-27-37(32(7-2)26-36(31)15-14-30-12-10-9-11-13-30)16-17-38-29-41(34-18-22-39(23-19-34)43(44,45)46)33(8-3)28-42(38)35-20-24-40(25-21-35)47(4)5/h3,9-13,18-29H,6-7H2,1-2,4-5H3. The number of aryl methyl sites for hydroxylation is 2. The Morgan fingerprint density at radius 1 is 0.596 bits per heavy atom. The fourth-order valence-corrected chi connectivity index (χ4v) is 5.38. The van der Waals surface area contributed by atoms with Crippen LogP contribution in [0.15, 0.2) is 103 Å². The van der Waals surface area contributed by atoms with Crippen LogP contribution in [0.25, 0.3) is 22.3 Å². The summed E-state index contributed by atoms with van der Waals surface area (Å²) in [6, 6.07) is 31.2. The second kappa shape index (κ2) is 14.2. The van der Waals surface area contributed by atoms with E-state index in [4.69, 9.17) is 6.42 Å². The Labute approximate surface area is 276 Å². The maximum atomic E-state index is 13.3. The largest absolute Gasteiger partial charge is 0.416 e. The first-order chi connectivity index (χ1) is 22.6. The number of hydrogen-bond acceptors (Lipinski definition) is 1. The minimum atomic E-state index is -4.43. The summed E-state index contributed by atoms with van der Waals surface area (Å²) >= 11 is 0. The average molecular weight is 622 g/mol. The lowest BCUT2D eigenvalue weighted by Gasteiger charge is -2.15. The third-order valence-corrected chi connectivity index (χ3v) is 8.07. The molecule has 0 saturated carbocycles. The first kappa shape index (κ1) is 32.8. The molecule has 5 aromatic carbocycles. The summed E-state index contributed by atoms with van der Waals surface area (Å²) in [5.74, 6) is 16.2. The van der Waals surface area contributed by atoms with Crippen molar-refractivity contribution >= 4 is 5.69 Å². The first-order valence-corrected chi connectivity index (χ1v) is 15.5. The highest BCUT2D eigenvalue weighted by molar-refractivity contribution is 5.82. The van der Waals surface area contributed by atoms with Crippen LogP contribution in [0, 0.1) is 36.0 Å². The molecule has 0 aliphatic heterocycles. The predicted molar refractivity (Wildman–Crippen MR) is 188 cm³/mol. The number of alkyl halides is 3. The molecule has 5 aromatic rings. The highest BCUT2D eigenvalue weighted by Gasteiger charge is 2.30. The van der Waals surface area contributed by atoms with Gasteiger partial charge in [-0.1, -0.05) is 85.9 Å². The van der Waals surface area contributed by atoms with Crippen molar-refractivity contribution < 1.29 is 13.2 Å². The zero-order valence-corrected chi connectivity index (χ0v) is 26.9. The summed E-state index contributed by atoms with van der Waals surface area (Å²) in [5, 5.41) is 0. The molecular formula is C43H34F3N. The smallest absolute Gasteiger partial charge is 0.378 e. The summed E-state index contributed by atoms with van der Waals surface area (Å²) in [6.07, 6.45) is 3.13. The van der Waals surface area contributed by atoms with Gasteiger partial charge < -0.3 is 4.90 Å². The van der Waals surface area contributed by atoms with Gasteiger partial charge in [0.05, 0.1) is 5.56 Å². The van der Waals surface area contributed by atoms with Crippen molar-refractivity contribution in [3.8, 4) is 58.3 Å². The van der Waals surface area contributed by atoms with Crippen LogP contribution in [0.3, 0.4) is 0 Å². The average Bonchev–Trinajstić information content (AvgIpc) is 3.09. The summed E-state index contributed by atoms with van der Waals surface area (Å²) in [4.78, 5) is 2.02. The van der Waals surface area contributed by atoms with E-state index < -0.39 is 11.7 Å². The molecular weight excluding hydrogens is 587 g/mol. The van der Waals surface area contributed by atoms with Gasteiger partial charge in [0.2, 0.25) is 0 Å².